The van der Waals surface area contributed by atoms with Crippen molar-refractivity contribution in [2.45, 2.75) is 58.2 Å². The maximum atomic E-state index is 12.9. The number of carbonyl (C=O) groups excluding carboxylic acids is 2. The number of carboxylic acid groups (broad SMARTS) is 1. The van der Waals surface area contributed by atoms with Gasteiger partial charge < -0.3 is 25.5 Å². The predicted molar refractivity (Wildman–Crippen MR) is 133 cm³/mol. The summed E-state index contributed by atoms with van der Waals surface area (Å²) in [5, 5.41) is 15.8. The monoisotopic (exact) mass is 482 g/mol. The highest BCUT2D eigenvalue weighted by Crippen LogP contribution is 2.23. The topological polar surface area (TPSA) is 128 Å². The van der Waals surface area contributed by atoms with E-state index in [1.807, 2.05) is 18.2 Å². The second-order valence-electron chi connectivity index (χ2n) is 9.65. The molecule has 35 heavy (non-hydrogen) atoms. The molecule has 3 N–H and O–H groups in total. The van der Waals surface area contributed by atoms with Crippen molar-refractivity contribution >= 4 is 29.4 Å². The van der Waals surface area contributed by atoms with Gasteiger partial charge in [0.15, 0.2) is 0 Å². The lowest BCUT2D eigenvalue weighted by atomic mass is 10.0. The van der Waals surface area contributed by atoms with Crippen LogP contribution in [-0.4, -0.2) is 75.0 Å². The first kappa shape index (κ1) is 25.9. The molecule has 1 aromatic carbocycles. The number of anilines is 2. The molecule has 0 spiro atoms. The first-order valence-corrected chi connectivity index (χ1v) is 11.8. The Labute approximate surface area is 205 Å². The van der Waals surface area contributed by atoms with E-state index in [0.717, 1.165) is 31.6 Å². The molecule has 188 valence electrons. The molecule has 1 aliphatic rings. The van der Waals surface area contributed by atoms with Crippen molar-refractivity contribution in [2.24, 2.45) is 0 Å². The fourth-order valence-electron chi connectivity index (χ4n) is 4.42. The Morgan fingerprint density at radius 1 is 1.14 bits per heavy atom. The third-order valence-corrected chi connectivity index (χ3v) is 5.98. The summed E-state index contributed by atoms with van der Waals surface area (Å²) in [4.78, 5) is 48.8. The van der Waals surface area contributed by atoms with Crippen LogP contribution in [0.5, 0.6) is 0 Å². The highest BCUT2D eigenvalue weighted by molar-refractivity contribution is 5.95. The van der Waals surface area contributed by atoms with E-state index in [1.165, 1.54) is 11.8 Å². The third kappa shape index (κ3) is 6.91. The van der Waals surface area contributed by atoms with E-state index in [-0.39, 0.29) is 24.4 Å². The first-order valence-electron chi connectivity index (χ1n) is 11.8. The zero-order chi connectivity index (χ0) is 25.6. The molecule has 0 aliphatic carbocycles. The van der Waals surface area contributed by atoms with E-state index >= 15 is 0 Å². The maximum absolute atomic E-state index is 12.9. The van der Waals surface area contributed by atoms with Crippen LogP contribution in [0.1, 0.15) is 50.9 Å². The second-order valence-corrected chi connectivity index (χ2v) is 9.65. The summed E-state index contributed by atoms with van der Waals surface area (Å²) >= 11 is 0. The Kier molecular flexibility index (Phi) is 8.26. The first-order chi connectivity index (χ1) is 16.6. The summed E-state index contributed by atoms with van der Waals surface area (Å²) in [7, 11) is 0. The smallest absolute Gasteiger partial charge is 0.328 e. The minimum atomic E-state index is -1.17. The molecule has 10 nitrogen and oxygen atoms in total. The Bertz CT molecular complexity index is 1030. The average Bonchev–Trinajstić information content (AvgIpc) is 2.81. The van der Waals surface area contributed by atoms with E-state index in [1.54, 1.807) is 45.3 Å². The minimum Gasteiger partial charge on any atom is -0.480 e. The van der Waals surface area contributed by atoms with E-state index in [0.29, 0.717) is 11.5 Å². The van der Waals surface area contributed by atoms with Crippen LogP contribution < -0.4 is 15.5 Å². The van der Waals surface area contributed by atoms with Crippen molar-refractivity contribution in [3.05, 3.63) is 48.3 Å². The molecule has 2 heterocycles. The molecule has 2 amide bonds. The molecule has 0 bridgehead atoms. The van der Waals surface area contributed by atoms with Crippen LogP contribution in [0, 0.1) is 0 Å². The minimum absolute atomic E-state index is 0.187. The van der Waals surface area contributed by atoms with Gasteiger partial charge in [0.2, 0.25) is 11.9 Å². The van der Waals surface area contributed by atoms with Gasteiger partial charge in [-0.05, 0) is 57.9 Å². The lowest BCUT2D eigenvalue weighted by Crippen LogP contribution is -2.57. The Morgan fingerprint density at radius 2 is 1.80 bits per heavy atom. The zero-order valence-corrected chi connectivity index (χ0v) is 20.7. The third-order valence-electron chi connectivity index (χ3n) is 5.98. The van der Waals surface area contributed by atoms with E-state index < -0.39 is 17.6 Å². The quantitative estimate of drug-likeness (QED) is 0.523. The Hall–Kier alpha value is -3.69. The molecule has 1 atom stereocenters. The molecule has 1 fully saturated rings. The van der Waals surface area contributed by atoms with Crippen LogP contribution >= 0.6 is 0 Å². The molecular formula is C25H34N6O4. The van der Waals surface area contributed by atoms with Crippen LogP contribution in [0.3, 0.4) is 0 Å². The van der Waals surface area contributed by atoms with Gasteiger partial charge in [0, 0.05) is 61.8 Å². The highest BCUT2D eigenvalue weighted by atomic mass is 16.4. The number of nitrogens with one attached hydrogen (secondary N) is 2. The van der Waals surface area contributed by atoms with Crippen molar-refractivity contribution in [1.82, 2.24) is 20.2 Å². The Morgan fingerprint density at radius 3 is 2.37 bits per heavy atom. The zero-order valence-electron chi connectivity index (χ0n) is 20.7. The SMILES string of the molecule is CC(=O)N([C@@H](CNC(=O)c1cccc(N2CCC(Nc3ncccn3)CC2)c1)C(=O)O)C(C)(C)C. The summed E-state index contributed by atoms with van der Waals surface area (Å²) in [6.45, 7) is 8.07. The summed E-state index contributed by atoms with van der Waals surface area (Å²) < 4.78 is 0. The van der Waals surface area contributed by atoms with E-state index in [9.17, 15) is 19.5 Å². The van der Waals surface area contributed by atoms with Crippen LogP contribution in [0.2, 0.25) is 0 Å². The number of aliphatic carboxylic acids is 1. The number of hydrogen-bond donors (Lipinski definition) is 3. The molecule has 3 rings (SSSR count). The molecule has 0 saturated carbocycles. The molecule has 2 aromatic rings. The van der Waals surface area contributed by atoms with Crippen LogP contribution in [0.4, 0.5) is 11.6 Å². The molecule has 1 aliphatic heterocycles. The number of carbonyl (C=O) groups is 3. The van der Waals surface area contributed by atoms with Crippen LogP contribution in [0.15, 0.2) is 42.7 Å². The number of piperidine rings is 1. The van der Waals surface area contributed by atoms with Gasteiger partial charge in [-0.1, -0.05) is 6.07 Å². The van der Waals surface area contributed by atoms with Gasteiger partial charge in [-0.3, -0.25) is 9.59 Å². The lowest BCUT2D eigenvalue weighted by molar-refractivity contribution is -0.153. The average molecular weight is 483 g/mol. The number of benzene rings is 1. The van der Waals surface area contributed by atoms with Crippen LogP contribution in [-0.2, 0) is 9.59 Å². The molecule has 1 aromatic heterocycles. The van der Waals surface area contributed by atoms with E-state index in [4.69, 9.17) is 0 Å². The van der Waals surface area contributed by atoms with Crippen molar-refractivity contribution in [1.29, 1.82) is 0 Å². The van der Waals surface area contributed by atoms with Crippen molar-refractivity contribution < 1.29 is 19.5 Å². The number of rotatable bonds is 8. The molecule has 0 unspecified atom stereocenters. The van der Waals surface area contributed by atoms with Gasteiger partial charge in [0.25, 0.3) is 5.91 Å². The summed E-state index contributed by atoms with van der Waals surface area (Å²) in [5.74, 6) is -1.29. The number of hydrogen-bond acceptors (Lipinski definition) is 7. The highest BCUT2D eigenvalue weighted by Gasteiger charge is 2.36. The number of amides is 2. The maximum Gasteiger partial charge on any atom is 0.328 e. The standard InChI is InChI=1S/C25H34N6O4/c1-17(32)31(25(2,3)4)21(23(34)35)16-28-22(33)18-7-5-8-20(15-18)30-13-9-19(10-14-30)29-24-26-11-6-12-27-24/h5-8,11-12,15,19,21H,9-10,13-14,16H2,1-4H3,(H,28,33)(H,34,35)(H,26,27,29)/t21-/m0/s1. The molecule has 1 saturated heterocycles. The lowest BCUT2D eigenvalue weighted by Gasteiger charge is -2.39. The van der Waals surface area contributed by atoms with Crippen molar-refractivity contribution in [2.75, 3.05) is 29.9 Å². The fourth-order valence-corrected chi connectivity index (χ4v) is 4.42. The molecular weight excluding hydrogens is 448 g/mol. The summed E-state index contributed by atoms with van der Waals surface area (Å²) in [6, 6.07) is 8.18. The fraction of sp³-hybridized carbons (Fsp3) is 0.480. The Balaban J connectivity index is 1.60. The van der Waals surface area contributed by atoms with Gasteiger partial charge in [0.1, 0.15) is 6.04 Å². The molecule has 0 radical (unpaired) electrons. The van der Waals surface area contributed by atoms with Crippen molar-refractivity contribution in [3.8, 4) is 0 Å². The predicted octanol–water partition coefficient (Wildman–Crippen LogP) is 2.39. The number of carboxylic acids is 1. The van der Waals surface area contributed by atoms with E-state index in [2.05, 4.69) is 25.5 Å². The number of nitrogens with zero attached hydrogens (tertiary/aromatic N) is 4. The number of aromatic nitrogens is 2. The second kappa shape index (κ2) is 11.2. The van der Waals surface area contributed by atoms with Gasteiger partial charge in [-0.15, -0.1) is 0 Å². The van der Waals surface area contributed by atoms with Gasteiger partial charge in [-0.25, -0.2) is 14.8 Å². The van der Waals surface area contributed by atoms with Gasteiger partial charge in [-0.2, -0.15) is 0 Å². The van der Waals surface area contributed by atoms with Gasteiger partial charge in [0.05, 0.1) is 0 Å². The largest absolute Gasteiger partial charge is 0.480 e. The van der Waals surface area contributed by atoms with Gasteiger partial charge >= 0.3 is 5.97 Å². The molecule has 10 heteroatoms. The normalized spacial score (nSPS) is 15.3. The van der Waals surface area contributed by atoms with Crippen molar-refractivity contribution in [3.63, 3.8) is 0 Å². The summed E-state index contributed by atoms with van der Waals surface area (Å²) in [5.41, 5.74) is 0.671. The summed E-state index contributed by atoms with van der Waals surface area (Å²) in [6.07, 6.45) is 5.23. The van der Waals surface area contributed by atoms with Crippen LogP contribution in [0.25, 0.3) is 0 Å².